The van der Waals surface area contributed by atoms with Gasteiger partial charge in [0.2, 0.25) is 0 Å². The van der Waals surface area contributed by atoms with E-state index in [1.165, 1.54) is 0 Å². The first-order valence-corrected chi connectivity index (χ1v) is 6.12. The predicted octanol–water partition coefficient (Wildman–Crippen LogP) is 3.14. The van der Waals surface area contributed by atoms with Gasteiger partial charge in [-0.3, -0.25) is 0 Å². The van der Waals surface area contributed by atoms with E-state index in [0.29, 0.717) is 6.04 Å². The average molecular weight is 213 g/mol. The van der Waals surface area contributed by atoms with Crippen molar-refractivity contribution in [3.8, 4) is 0 Å². The molecule has 0 bridgehead atoms. The fourth-order valence-corrected chi connectivity index (χ4v) is 2.29. The maximum absolute atomic E-state index is 5.98. The monoisotopic (exact) mass is 213 g/mol. The summed E-state index contributed by atoms with van der Waals surface area (Å²) in [5, 5.41) is 3.39. The fraction of sp³-hybridized carbons (Fsp3) is 0.846. The molecular weight excluding hydrogens is 186 g/mol. The molecule has 1 unspecified atom stereocenters. The highest BCUT2D eigenvalue weighted by Gasteiger charge is 2.34. The molecule has 0 spiro atoms. The molecule has 0 aromatic carbocycles. The van der Waals surface area contributed by atoms with Crippen molar-refractivity contribution in [2.75, 3.05) is 13.7 Å². The Balaban J connectivity index is 4.57. The molecule has 0 amide bonds. The second kappa shape index (κ2) is 7.89. The number of nitrogens with one attached hydrogen (secondary N) is 1. The van der Waals surface area contributed by atoms with E-state index >= 15 is 0 Å². The van der Waals surface area contributed by atoms with Crippen LogP contribution in [0.2, 0.25) is 0 Å². The molecule has 0 aliphatic carbocycles. The predicted molar refractivity (Wildman–Crippen MR) is 67.2 cm³/mol. The van der Waals surface area contributed by atoms with Gasteiger partial charge in [0.1, 0.15) is 0 Å². The van der Waals surface area contributed by atoms with E-state index in [1.54, 1.807) is 0 Å². The van der Waals surface area contributed by atoms with Crippen LogP contribution in [0, 0.1) is 0 Å². The first kappa shape index (κ1) is 14.7. The summed E-state index contributed by atoms with van der Waals surface area (Å²) in [7, 11) is 2.02. The van der Waals surface area contributed by atoms with E-state index in [9.17, 15) is 0 Å². The summed E-state index contributed by atoms with van der Waals surface area (Å²) in [6.45, 7) is 11.0. The number of hydrogen-bond donors (Lipinski definition) is 1. The Morgan fingerprint density at radius 1 is 1.33 bits per heavy atom. The molecule has 0 aromatic heterocycles. The standard InChI is InChI=1S/C13H27NO/c1-6-10-11-12(14-5)13(7-2,8-3)15-9-4/h6,12,14H,1,7-11H2,2-5H3. The Hall–Kier alpha value is -0.340. The van der Waals surface area contributed by atoms with Crippen LogP contribution in [0.1, 0.15) is 46.5 Å². The lowest BCUT2D eigenvalue weighted by atomic mass is 9.85. The van der Waals surface area contributed by atoms with Gasteiger partial charge in [-0.2, -0.15) is 0 Å². The van der Waals surface area contributed by atoms with Gasteiger partial charge in [0.25, 0.3) is 0 Å². The molecule has 1 atom stereocenters. The zero-order chi connectivity index (χ0) is 11.7. The molecule has 90 valence electrons. The van der Waals surface area contributed by atoms with Crippen LogP contribution in [0.4, 0.5) is 0 Å². The minimum atomic E-state index is -0.00743. The molecule has 2 nitrogen and oxygen atoms in total. The molecule has 0 saturated carbocycles. The quantitative estimate of drug-likeness (QED) is 0.594. The lowest BCUT2D eigenvalue weighted by molar-refractivity contribution is -0.0720. The van der Waals surface area contributed by atoms with E-state index in [-0.39, 0.29) is 5.60 Å². The Bertz CT molecular complexity index is 164. The summed E-state index contributed by atoms with van der Waals surface area (Å²) in [5.74, 6) is 0. The normalized spacial score (nSPS) is 13.9. The van der Waals surface area contributed by atoms with Crippen molar-refractivity contribution >= 4 is 0 Å². The Kier molecular flexibility index (Phi) is 7.71. The van der Waals surface area contributed by atoms with Crippen LogP contribution in [0.5, 0.6) is 0 Å². The lowest BCUT2D eigenvalue weighted by Crippen LogP contribution is -2.50. The zero-order valence-corrected chi connectivity index (χ0v) is 10.8. The number of ether oxygens (including phenoxy) is 1. The molecule has 0 aliphatic rings. The minimum absolute atomic E-state index is 0.00743. The highest BCUT2D eigenvalue weighted by atomic mass is 16.5. The van der Waals surface area contributed by atoms with Crippen LogP contribution in [0.3, 0.4) is 0 Å². The van der Waals surface area contributed by atoms with Crippen molar-refractivity contribution in [1.82, 2.24) is 5.32 Å². The molecule has 0 saturated heterocycles. The van der Waals surface area contributed by atoms with E-state index in [0.717, 1.165) is 32.3 Å². The third-order valence-electron chi connectivity index (χ3n) is 3.27. The van der Waals surface area contributed by atoms with Crippen molar-refractivity contribution < 1.29 is 4.74 Å². The summed E-state index contributed by atoms with van der Waals surface area (Å²) in [6.07, 6.45) is 6.23. The van der Waals surface area contributed by atoms with E-state index in [4.69, 9.17) is 4.74 Å². The largest absolute Gasteiger partial charge is 0.374 e. The van der Waals surface area contributed by atoms with E-state index in [1.807, 2.05) is 13.1 Å². The molecule has 0 aliphatic heterocycles. The third kappa shape index (κ3) is 3.96. The minimum Gasteiger partial charge on any atom is -0.374 e. The SMILES string of the molecule is C=CCCC(NC)C(CC)(CC)OCC. The molecular formula is C13H27NO. The number of rotatable bonds is 9. The second-order valence-electron chi connectivity index (χ2n) is 3.91. The summed E-state index contributed by atoms with van der Waals surface area (Å²) in [5.41, 5.74) is -0.00743. The Labute approximate surface area is 95.1 Å². The molecule has 0 aromatic rings. The third-order valence-corrected chi connectivity index (χ3v) is 3.27. The fourth-order valence-electron chi connectivity index (χ4n) is 2.29. The molecule has 0 rings (SSSR count). The number of likely N-dealkylation sites (N-methyl/N-ethyl adjacent to an activating group) is 1. The van der Waals surface area contributed by atoms with Gasteiger partial charge in [-0.15, -0.1) is 6.58 Å². The van der Waals surface area contributed by atoms with Crippen LogP contribution < -0.4 is 5.32 Å². The van der Waals surface area contributed by atoms with Gasteiger partial charge in [0, 0.05) is 12.6 Å². The van der Waals surface area contributed by atoms with Crippen molar-refractivity contribution in [2.24, 2.45) is 0 Å². The van der Waals surface area contributed by atoms with Crippen molar-refractivity contribution in [3.05, 3.63) is 12.7 Å². The topological polar surface area (TPSA) is 21.3 Å². The van der Waals surface area contributed by atoms with Crippen LogP contribution in [0.25, 0.3) is 0 Å². The van der Waals surface area contributed by atoms with Gasteiger partial charge >= 0.3 is 0 Å². The summed E-state index contributed by atoms with van der Waals surface area (Å²) >= 11 is 0. The number of hydrogen-bond acceptors (Lipinski definition) is 2. The van der Waals surface area contributed by atoms with Crippen LogP contribution >= 0.6 is 0 Å². The Morgan fingerprint density at radius 3 is 2.27 bits per heavy atom. The van der Waals surface area contributed by atoms with Gasteiger partial charge in [-0.1, -0.05) is 19.9 Å². The Morgan fingerprint density at radius 2 is 1.93 bits per heavy atom. The summed E-state index contributed by atoms with van der Waals surface area (Å²) in [6, 6.07) is 0.422. The van der Waals surface area contributed by atoms with Gasteiger partial charge in [0.15, 0.2) is 0 Å². The highest BCUT2D eigenvalue weighted by Crippen LogP contribution is 2.27. The van der Waals surface area contributed by atoms with Crippen LogP contribution in [-0.4, -0.2) is 25.3 Å². The summed E-state index contributed by atoms with van der Waals surface area (Å²) < 4.78 is 5.98. The van der Waals surface area contributed by atoms with Crippen molar-refractivity contribution in [3.63, 3.8) is 0 Å². The van der Waals surface area contributed by atoms with E-state index < -0.39 is 0 Å². The number of allylic oxidation sites excluding steroid dienone is 1. The summed E-state index contributed by atoms with van der Waals surface area (Å²) in [4.78, 5) is 0. The molecule has 0 heterocycles. The molecule has 2 heteroatoms. The average Bonchev–Trinajstić information content (AvgIpc) is 2.28. The molecule has 0 fully saturated rings. The van der Waals surface area contributed by atoms with Crippen molar-refractivity contribution in [1.29, 1.82) is 0 Å². The zero-order valence-electron chi connectivity index (χ0n) is 10.8. The van der Waals surface area contributed by atoms with Gasteiger partial charge in [-0.25, -0.2) is 0 Å². The van der Waals surface area contributed by atoms with Gasteiger partial charge in [0.05, 0.1) is 5.60 Å². The van der Waals surface area contributed by atoms with Crippen LogP contribution in [0.15, 0.2) is 12.7 Å². The second-order valence-corrected chi connectivity index (χ2v) is 3.91. The van der Waals surface area contributed by atoms with Gasteiger partial charge in [-0.05, 0) is 39.7 Å². The van der Waals surface area contributed by atoms with Crippen LogP contribution in [-0.2, 0) is 4.74 Å². The first-order chi connectivity index (χ1) is 7.20. The lowest BCUT2D eigenvalue weighted by Gasteiger charge is -2.39. The smallest absolute Gasteiger partial charge is 0.0829 e. The highest BCUT2D eigenvalue weighted by molar-refractivity contribution is 4.92. The molecule has 1 N–H and O–H groups in total. The van der Waals surface area contributed by atoms with E-state index in [2.05, 4.69) is 32.7 Å². The first-order valence-electron chi connectivity index (χ1n) is 6.12. The van der Waals surface area contributed by atoms with Crippen molar-refractivity contribution in [2.45, 2.75) is 58.1 Å². The molecule has 0 radical (unpaired) electrons. The maximum Gasteiger partial charge on any atom is 0.0829 e. The molecule has 15 heavy (non-hydrogen) atoms. The maximum atomic E-state index is 5.98. The van der Waals surface area contributed by atoms with Gasteiger partial charge < -0.3 is 10.1 Å².